The van der Waals surface area contributed by atoms with Gasteiger partial charge in [-0.15, -0.1) is 0 Å². The van der Waals surface area contributed by atoms with E-state index in [2.05, 4.69) is 49.6 Å². The first-order chi connectivity index (χ1) is 17.2. The summed E-state index contributed by atoms with van der Waals surface area (Å²) in [6.07, 6.45) is 38.4. The van der Waals surface area contributed by atoms with Gasteiger partial charge in [0.15, 0.2) is 0 Å². The minimum atomic E-state index is 0.623. The number of aromatic nitrogens is 2. The fourth-order valence-electron chi connectivity index (χ4n) is 5.71. The van der Waals surface area contributed by atoms with Gasteiger partial charge in [-0.3, -0.25) is 0 Å². The average Bonchev–Trinajstić information content (AvgIpc) is 3.36. The van der Waals surface area contributed by atoms with Crippen LogP contribution in [0.15, 0.2) is 12.4 Å². The summed E-state index contributed by atoms with van der Waals surface area (Å²) in [6.45, 7) is 9.39. The lowest BCUT2D eigenvalue weighted by molar-refractivity contribution is -0.727. The summed E-state index contributed by atoms with van der Waals surface area (Å²) >= 11 is 0. The van der Waals surface area contributed by atoms with Crippen LogP contribution in [-0.4, -0.2) is 4.98 Å². The fraction of sp³-hybridized carbons (Fsp3) is 0.909. The molecule has 0 amide bonds. The predicted molar refractivity (Wildman–Crippen MR) is 156 cm³/mol. The molecule has 0 aromatic carbocycles. The lowest BCUT2D eigenvalue weighted by Gasteiger charge is -2.17. The lowest BCUT2D eigenvalue weighted by Crippen LogP contribution is -2.41. The van der Waals surface area contributed by atoms with E-state index in [1.807, 2.05) is 0 Å². The van der Waals surface area contributed by atoms with E-state index >= 15 is 0 Å². The second-order valence-electron chi connectivity index (χ2n) is 11.5. The van der Waals surface area contributed by atoms with Crippen LogP contribution >= 0.6 is 0 Å². The molecule has 0 fully saturated rings. The summed E-state index contributed by atoms with van der Waals surface area (Å²) in [5.74, 6) is 2.22. The molecule has 1 heterocycles. The molecule has 0 aliphatic rings. The average molecular weight is 490 g/mol. The van der Waals surface area contributed by atoms with Gasteiger partial charge in [0.05, 0.1) is 12.0 Å². The molecule has 0 saturated heterocycles. The molecular formula is C33H65N2+. The van der Waals surface area contributed by atoms with E-state index in [0.29, 0.717) is 12.0 Å². The third kappa shape index (κ3) is 16.6. The number of imidazole rings is 1. The van der Waals surface area contributed by atoms with Gasteiger partial charge in [-0.2, -0.15) is 0 Å². The van der Waals surface area contributed by atoms with E-state index < -0.39 is 0 Å². The second kappa shape index (κ2) is 23.6. The quantitative estimate of drug-likeness (QED) is 0.0985. The van der Waals surface area contributed by atoms with E-state index in [0.717, 1.165) is 0 Å². The van der Waals surface area contributed by atoms with E-state index in [1.54, 1.807) is 0 Å². The molecule has 0 aliphatic heterocycles. The third-order valence-corrected chi connectivity index (χ3v) is 8.14. The van der Waals surface area contributed by atoms with Crippen LogP contribution < -0.4 is 4.57 Å². The first kappa shape index (κ1) is 32.2. The molecule has 0 aliphatic carbocycles. The molecular weight excluding hydrogens is 424 g/mol. The van der Waals surface area contributed by atoms with Crippen LogP contribution in [0.1, 0.15) is 200 Å². The highest BCUT2D eigenvalue weighted by atomic mass is 15.1. The van der Waals surface area contributed by atoms with Crippen LogP contribution in [0.25, 0.3) is 0 Å². The number of hydrogen-bond donors (Lipinski definition) is 1. The third-order valence-electron chi connectivity index (χ3n) is 8.14. The standard InChI is InChI=1S/C33H64N2/c1-5-8-11-13-14-15-16-17-18-19-20-21-22-23-24-26-31(4)35-30-29-34-33(35)32(27-10-7-3)28-25-12-9-6-2/h29-32H,5-28H2,1-4H3/p+1. The molecule has 0 radical (unpaired) electrons. The first-order valence-corrected chi connectivity index (χ1v) is 16.3. The molecule has 1 N–H and O–H groups in total. The summed E-state index contributed by atoms with van der Waals surface area (Å²) in [5, 5.41) is 0. The maximum absolute atomic E-state index is 3.65. The van der Waals surface area contributed by atoms with E-state index in [-0.39, 0.29) is 0 Å². The molecule has 1 aromatic rings. The van der Waals surface area contributed by atoms with Crippen LogP contribution in [0.4, 0.5) is 0 Å². The molecule has 0 saturated carbocycles. The van der Waals surface area contributed by atoms with Gasteiger partial charge in [0.25, 0.3) is 5.82 Å². The van der Waals surface area contributed by atoms with Crippen LogP contribution in [0.2, 0.25) is 0 Å². The minimum absolute atomic E-state index is 0.623. The Labute approximate surface area is 221 Å². The van der Waals surface area contributed by atoms with Crippen molar-refractivity contribution in [3.63, 3.8) is 0 Å². The summed E-state index contributed by atoms with van der Waals surface area (Å²) in [6, 6.07) is 0.623. The molecule has 2 nitrogen and oxygen atoms in total. The smallest absolute Gasteiger partial charge is 0.247 e. The van der Waals surface area contributed by atoms with Crippen molar-refractivity contribution in [2.45, 2.75) is 194 Å². The van der Waals surface area contributed by atoms with Crippen molar-refractivity contribution in [2.24, 2.45) is 0 Å². The van der Waals surface area contributed by atoms with Crippen molar-refractivity contribution in [1.29, 1.82) is 0 Å². The van der Waals surface area contributed by atoms with Gasteiger partial charge in [0.2, 0.25) is 0 Å². The zero-order valence-electron chi connectivity index (χ0n) is 24.7. The molecule has 2 heteroatoms. The van der Waals surface area contributed by atoms with Crippen molar-refractivity contribution < 1.29 is 4.57 Å². The Morgan fingerprint density at radius 1 is 0.543 bits per heavy atom. The number of unbranched alkanes of at least 4 members (excludes halogenated alkanes) is 18. The fourth-order valence-corrected chi connectivity index (χ4v) is 5.71. The Hall–Kier alpha value is -0.790. The van der Waals surface area contributed by atoms with Crippen molar-refractivity contribution in [2.75, 3.05) is 0 Å². The van der Waals surface area contributed by atoms with E-state index in [9.17, 15) is 0 Å². The van der Waals surface area contributed by atoms with Crippen LogP contribution in [-0.2, 0) is 0 Å². The zero-order valence-corrected chi connectivity index (χ0v) is 24.7. The summed E-state index contributed by atoms with van der Waals surface area (Å²) in [4.78, 5) is 3.65. The maximum atomic E-state index is 3.65. The van der Waals surface area contributed by atoms with Crippen molar-refractivity contribution in [3.8, 4) is 0 Å². The SMILES string of the molecule is CCCCCCCCCCCCCCCCCC(C)[n+]1cc[nH]c1C(CCCC)CCCCCC. The molecule has 1 rings (SSSR count). The van der Waals surface area contributed by atoms with E-state index in [1.165, 1.54) is 160 Å². The summed E-state index contributed by atoms with van der Waals surface area (Å²) in [5.41, 5.74) is 0. The van der Waals surface area contributed by atoms with Gasteiger partial charge in [0, 0.05) is 0 Å². The summed E-state index contributed by atoms with van der Waals surface area (Å²) < 4.78 is 2.59. The Morgan fingerprint density at radius 3 is 1.46 bits per heavy atom. The van der Waals surface area contributed by atoms with Gasteiger partial charge >= 0.3 is 0 Å². The van der Waals surface area contributed by atoms with Crippen LogP contribution in [0.3, 0.4) is 0 Å². The van der Waals surface area contributed by atoms with Gasteiger partial charge in [-0.05, 0) is 32.6 Å². The molecule has 35 heavy (non-hydrogen) atoms. The maximum Gasteiger partial charge on any atom is 0.257 e. The topological polar surface area (TPSA) is 19.7 Å². The Kier molecular flexibility index (Phi) is 21.7. The number of aromatic amines is 1. The number of rotatable bonds is 26. The highest BCUT2D eigenvalue weighted by Crippen LogP contribution is 2.26. The predicted octanol–water partition coefficient (Wildman–Crippen LogP) is 11.4. The number of H-pyrrole nitrogens is 1. The highest BCUT2D eigenvalue weighted by molar-refractivity contribution is 4.90. The zero-order chi connectivity index (χ0) is 25.4. The molecule has 0 bridgehead atoms. The van der Waals surface area contributed by atoms with Gasteiger partial charge in [0.1, 0.15) is 12.4 Å². The Balaban J connectivity index is 2.15. The molecule has 2 atom stereocenters. The Bertz CT molecular complexity index is 549. The number of nitrogens with one attached hydrogen (secondary N) is 1. The monoisotopic (exact) mass is 490 g/mol. The van der Waals surface area contributed by atoms with Crippen molar-refractivity contribution >= 4 is 0 Å². The van der Waals surface area contributed by atoms with Gasteiger partial charge in [-0.1, -0.05) is 149 Å². The highest BCUT2D eigenvalue weighted by Gasteiger charge is 2.25. The minimum Gasteiger partial charge on any atom is -0.247 e. The summed E-state index contributed by atoms with van der Waals surface area (Å²) in [7, 11) is 0. The largest absolute Gasteiger partial charge is 0.257 e. The lowest BCUT2D eigenvalue weighted by atomic mass is 9.94. The molecule has 2 unspecified atom stereocenters. The van der Waals surface area contributed by atoms with Gasteiger partial charge < -0.3 is 0 Å². The first-order valence-electron chi connectivity index (χ1n) is 16.3. The van der Waals surface area contributed by atoms with E-state index in [4.69, 9.17) is 0 Å². The normalized spacial score (nSPS) is 13.4. The number of hydrogen-bond acceptors (Lipinski definition) is 0. The molecule has 0 spiro atoms. The van der Waals surface area contributed by atoms with Crippen LogP contribution in [0.5, 0.6) is 0 Å². The molecule has 1 aromatic heterocycles. The van der Waals surface area contributed by atoms with Gasteiger partial charge in [-0.25, -0.2) is 9.55 Å². The van der Waals surface area contributed by atoms with Crippen molar-refractivity contribution in [3.05, 3.63) is 18.2 Å². The van der Waals surface area contributed by atoms with Crippen LogP contribution in [0, 0.1) is 0 Å². The Morgan fingerprint density at radius 2 is 0.943 bits per heavy atom. The second-order valence-corrected chi connectivity index (χ2v) is 11.5. The van der Waals surface area contributed by atoms with Crippen molar-refractivity contribution in [1.82, 2.24) is 4.98 Å². The number of nitrogens with zero attached hydrogens (tertiary/aromatic N) is 1. The molecule has 206 valence electrons.